The number of aryl methyl sites for hydroxylation is 1. The normalized spacial score (nSPS) is 18.2. The highest BCUT2D eigenvalue weighted by atomic mass is 19.1. The molecular weight excluding hydrogens is 461 g/mol. The number of pyridine rings is 2. The van der Waals surface area contributed by atoms with Crippen LogP contribution in [0.4, 0.5) is 4.39 Å². The van der Waals surface area contributed by atoms with Crippen molar-refractivity contribution in [2.24, 2.45) is 7.05 Å². The quantitative estimate of drug-likeness (QED) is 0.419. The summed E-state index contributed by atoms with van der Waals surface area (Å²) in [4.78, 5) is 30.8. The second-order valence-corrected chi connectivity index (χ2v) is 9.37. The zero-order chi connectivity index (χ0) is 25.2. The Morgan fingerprint density at radius 2 is 2.00 bits per heavy atom. The van der Waals surface area contributed by atoms with Crippen LogP contribution in [0.25, 0.3) is 22.0 Å². The van der Waals surface area contributed by atoms with Gasteiger partial charge in [-0.25, -0.2) is 4.39 Å². The fourth-order valence-corrected chi connectivity index (χ4v) is 4.82. The number of rotatable bonds is 5. The molecule has 0 saturated heterocycles. The first-order valence-electron chi connectivity index (χ1n) is 12.2. The molecule has 186 valence electrons. The number of fused-ring (bicyclic) bond motifs is 1. The van der Waals surface area contributed by atoms with Gasteiger partial charge in [0.15, 0.2) is 0 Å². The molecule has 0 spiro atoms. The van der Waals surface area contributed by atoms with Crippen LogP contribution in [0.1, 0.15) is 48.0 Å². The molecule has 3 heterocycles. The molecule has 0 unspecified atom stereocenters. The summed E-state index contributed by atoms with van der Waals surface area (Å²) in [7, 11) is 1.79. The summed E-state index contributed by atoms with van der Waals surface area (Å²) < 4.78 is 18.0. The number of halogens is 1. The van der Waals surface area contributed by atoms with Crippen LogP contribution in [-0.2, 0) is 13.6 Å². The molecule has 2 N–H and O–H groups in total. The van der Waals surface area contributed by atoms with E-state index in [9.17, 15) is 14.7 Å². The standard InChI is InChI=1S/C27H28FN5O3/c1-32-14-19(13-30-32)17-9-10-18(22(28)12-17)15-33-16-21(25-20(27(33)36)6-5-11-29-25)26(35)31-23-7-3-2-4-8-24(23)34/h5-6,9-14,16,23-24,34H,2-4,7-8,15H2,1H3,(H,31,35)/t23-,24-/m0/s1. The maximum Gasteiger partial charge on any atom is 0.260 e. The molecule has 3 aromatic heterocycles. The molecule has 5 rings (SSSR count). The van der Waals surface area contributed by atoms with Gasteiger partial charge in [0.25, 0.3) is 11.5 Å². The summed E-state index contributed by atoms with van der Waals surface area (Å²) in [6.07, 6.45) is 9.99. The number of aromatic nitrogens is 4. The topological polar surface area (TPSA) is 102 Å². The lowest BCUT2D eigenvalue weighted by atomic mass is 10.0. The minimum Gasteiger partial charge on any atom is -0.391 e. The van der Waals surface area contributed by atoms with E-state index in [1.807, 2.05) is 0 Å². The number of carbonyl (C=O) groups excluding carboxylic acids is 1. The average molecular weight is 490 g/mol. The Balaban J connectivity index is 1.48. The van der Waals surface area contributed by atoms with Crippen molar-refractivity contribution in [3.63, 3.8) is 0 Å². The van der Waals surface area contributed by atoms with Gasteiger partial charge in [0.1, 0.15) is 5.82 Å². The van der Waals surface area contributed by atoms with E-state index < -0.39 is 17.8 Å². The molecule has 0 radical (unpaired) electrons. The van der Waals surface area contributed by atoms with E-state index in [1.54, 1.807) is 48.4 Å². The summed E-state index contributed by atoms with van der Waals surface area (Å²) >= 11 is 0. The van der Waals surface area contributed by atoms with Gasteiger partial charge in [-0.3, -0.25) is 19.3 Å². The highest BCUT2D eigenvalue weighted by Crippen LogP contribution is 2.23. The summed E-state index contributed by atoms with van der Waals surface area (Å²) in [6, 6.07) is 7.72. The second kappa shape index (κ2) is 10.0. The van der Waals surface area contributed by atoms with Crippen molar-refractivity contribution in [1.29, 1.82) is 0 Å². The number of nitrogens with one attached hydrogen (secondary N) is 1. The maximum absolute atomic E-state index is 15.1. The molecule has 36 heavy (non-hydrogen) atoms. The largest absolute Gasteiger partial charge is 0.391 e. The van der Waals surface area contributed by atoms with Gasteiger partial charge >= 0.3 is 0 Å². The summed E-state index contributed by atoms with van der Waals surface area (Å²) in [6.45, 7) is -0.0465. The molecule has 1 saturated carbocycles. The lowest BCUT2D eigenvalue weighted by Crippen LogP contribution is -2.43. The predicted molar refractivity (Wildman–Crippen MR) is 134 cm³/mol. The number of hydrogen-bond donors (Lipinski definition) is 2. The Hall–Kier alpha value is -3.85. The number of nitrogens with zero attached hydrogens (tertiary/aromatic N) is 4. The molecule has 1 fully saturated rings. The van der Waals surface area contributed by atoms with Crippen molar-refractivity contribution in [2.45, 2.75) is 50.8 Å². The third-order valence-electron chi connectivity index (χ3n) is 6.81. The van der Waals surface area contributed by atoms with Gasteiger partial charge in [0.2, 0.25) is 0 Å². The fraction of sp³-hybridized carbons (Fsp3) is 0.333. The van der Waals surface area contributed by atoms with E-state index >= 15 is 4.39 Å². The first-order valence-corrected chi connectivity index (χ1v) is 12.2. The number of aliphatic hydroxyl groups is 1. The smallest absolute Gasteiger partial charge is 0.260 e. The van der Waals surface area contributed by atoms with Crippen molar-refractivity contribution in [2.75, 3.05) is 0 Å². The van der Waals surface area contributed by atoms with Gasteiger partial charge < -0.3 is 15.0 Å². The Labute approximate surface area is 207 Å². The number of amides is 1. The highest BCUT2D eigenvalue weighted by molar-refractivity contribution is 6.05. The molecule has 1 amide bonds. The average Bonchev–Trinajstić information content (AvgIpc) is 3.21. The molecule has 1 aliphatic carbocycles. The van der Waals surface area contributed by atoms with Crippen molar-refractivity contribution in [3.05, 3.63) is 82.4 Å². The van der Waals surface area contributed by atoms with E-state index in [1.165, 1.54) is 23.0 Å². The van der Waals surface area contributed by atoms with Crippen LogP contribution in [0.3, 0.4) is 0 Å². The van der Waals surface area contributed by atoms with E-state index in [4.69, 9.17) is 0 Å². The van der Waals surface area contributed by atoms with Crippen molar-refractivity contribution >= 4 is 16.8 Å². The number of aliphatic hydroxyl groups excluding tert-OH is 1. The van der Waals surface area contributed by atoms with Gasteiger partial charge in [0.05, 0.1) is 41.4 Å². The highest BCUT2D eigenvalue weighted by Gasteiger charge is 2.25. The van der Waals surface area contributed by atoms with Crippen molar-refractivity contribution in [3.8, 4) is 11.1 Å². The zero-order valence-electron chi connectivity index (χ0n) is 20.0. The minimum absolute atomic E-state index is 0.0465. The van der Waals surface area contributed by atoms with Crippen LogP contribution in [0.15, 0.2) is 59.9 Å². The molecule has 0 aliphatic heterocycles. The van der Waals surface area contributed by atoms with Gasteiger partial charge in [-0.1, -0.05) is 31.4 Å². The Morgan fingerprint density at radius 3 is 2.78 bits per heavy atom. The molecule has 8 nitrogen and oxygen atoms in total. The third-order valence-corrected chi connectivity index (χ3v) is 6.81. The molecule has 1 aromatic carbocycles. The minimum atomic E-state index is -0.617. The van der Waals surface area contributed by atoms with Gasteiger partial charge in [-0.2, -0.15) is 5.10 Å². The lowest BCUT2D eigenvalue weighted by molar-refractivity contribution is 0.0819. The van der Waals surface area contributed by atoms with Crippen LogP contribution >= 0.6 is 0 Å². The van der Waals surface area contributed by atoms with E-state index in [-0.39, 0.29) is 34.6 Å². The lowest BCUT2D eigenvalue weighted by Gasteiger charge is -2.22. The Bertz CT molecular complexity index is 1480. The van der Waals surface area contributed by atoms with Gasteiger partial charge in [-0.05, 0) is 36.6 Å². The SMILES string of the molecule is Cn1cc(-c2ccc(Cn3cc(C(=O)N[C@H]4CCCCC[C@@H]4O)c4ncccc4c3=O)c(F)c2)cn1. The predicted octanol–water partition coefficient (Wildman–Crippen LogP) is 3.41. The zero-order valence-corrected chi connectivity index (χ0v) is 20.0. The van der Waals surface area contributed by atoms with Gasteiger partial charge in [0, 0.05) is 36.8 Å². The molecule has 9 heteroatoms. The van der Waals surface area contributed by atoms with Crippen molar-refractivity contribution < 1.29 is 14.3 Å². The molecule has 2 atom stereocenters. The molecule has 0 bridgehead atoms. The summed E-state index contributed by atoms with van der Waals surface area (Å²) in [5, 5.41) is 17.8. The number of benzene rings is 1. The Morgan fingerprint density at radius 1 is 1.17 bits per heavy atom. The van der Waals surface area contributed by atoms with Crippen LogP contribution in [0.2, 0.25) is 0 Å². The van der Waals surface area contributed by atoms with Crippen LogP contribution in [0.5, 0.6) is 0 Å². The van der Waals surface area contributed by atoms with E-state index in [0.29, 0.717) is 24.0 Å². The van der Waals surface area contributed by atoms with E-state index in [2.05, 4.69) is 15.4 Å². The second-order valence-electron chi connectivity index (χ2n) is 9.37. The van der Waals surface area contributed by atoms with Crippen molar-refractivity contribution in [1.82, 2.24) is 24.6 Å². The fourth-order valence-electron chi connectivity index (χ4n) is 4.82. The summed E-state index contributed by atoms with van der Waals surface area (Å²) in [5.74, 6) is -0.868. The third kappa shape index (κ3) is 4.79. The first kappa shape index (κ1) is 23.9. The van der Waals surface area contributed by atoms with Gasteiger partial charge in [-0.15, -0.1) is 0 Å². The monoisotopic (exact) mass is 489 g/mol. The van der Waals surface area contributed by atoms with E-state index in [0.717, 1.165) is 24.8 Å². The molecule has 1 aliphatic rings. The number of carbonyl (C=O) groups is 1. The van der Waals surface area contributed by atoms with Crippen LogP contribution in [-0.4, -0.2) is 42.5 Å². The summed E-state index contributed by atoms with van der Waals surface area (Å²) in [5.41, 5.74) is 1.93. The molecule has 4 aromatic rings. The first-order chi connectivity index (χ1) is 17.4. The van der Waals surface area contributed by atoms with Crippen LogP contribution < -0.4 is 10.9 Å². The maximum atomic E-state index is 15.1. The number of hydrogen-bond acceptors (Lipinski definition) is 5. The molecular formula is C27H28FN5O3. The Kier molecular flexibility index (Phi) is 6.65. The van der Waals surface area contributed by atoms with Crippen LogP contribution in [0, 0.1) is 5.82 Å².